The summed E-state index contributed by atoms with van der Waals surface area (Å²) in [6.07, 6.45) is 0.220. The molecule has 0 aromatic heterocycles. The summed E-state index contributed by atoms with van der Waals surface area (Å²) in [6, 6.07) is 4.15. The maximum atomic E-state index is 13.5. The molecule has 0 bridgehead atoms. The highest BCUT2D eigenvalue weighted by Crippen LogP contribution is 2.25. The van der Waals surface area contributed by atoms with Gasteiger partial charge in [0.15, 0.2) is 0 Å². The minimum atomic E-state index is -0.598. The standard InChI is InChI=1S/C16H25FN2O3/c1-6-12(10-21-5)18-14-9-11(17)7-8-13(14)19-15(20)22-16(2,3)4/h7-9,12,18H,6,10H2,1-5H3,(H,19,20). The summed E-state index contributed by atoms with van der Waals surface area (Å²) >= 11 is 0. The minimum Gasteiger partial charge on any atom is -0.444 e. The Labute approximate surface area is 131 Å². The van der Waals surface area contributed by atoms with Gasteiger partial charge in [-0.05, 0) is 45.4 Å². The van der Waals surface area contributed by atoms with Crippen LogP contribution in [0.5, 0.6) is 0 Å². The van der Waals surface area contributed by atoms with Crippen LogP contribution in [0.2, 0.25) is 0 Å². The summed E-state index contributed by atoms with van der Waals surface area (Å²) in [5.41, 5.74) is 0.361. The van der Waals surface area contributed by atoms with Gasteiger partial charge in [-0.1, -0.05) is 6.92 Å². The van der Waals surface area contributed by atoms with Gasteiger partial charge in [0, 0.05) is 13.2 Å². The highest BCUT2D eigenvalue weighted by molar-refractivity contribution is 5.89. The molecule has 5 nitrogen and oxygen atoms in total. The average Bonchev–Trinajstić information content (AvgIpc) is 2.39. The molecule has 0 saturated carbocycles. The first-order chi connectivity index (χ1) is 10.2. The number of benzene rings is 1. The smallest absolute Gasteiger partial charge is 0.412 e. The summed E-state index contributed by atoms with van der Waals surface area (Å²) in [5.74, 6) is -0.385. The van der Waals surface area contributed by atoms with Gasteiger partial charge in [0.1, 0.15) is 11.4 Å². The molecule has 0 heterocycles. The van der Waals surface area contributed by atoms with Crippen LogP contribution in [-0.4, -0.2) is 31.5 Å². The number of carbonyl (C=O) groups excluding carboxylic acids is 1. The lowest BCUT2D eigenvalue weighted by Gasteiger charge is -2.22. The van der Waals surface area contributed by atoms with Crippen LogP contribution in [0, 0.1) is 5.82 Å². The summed E-state index contributed by atoms with van der Waals surface area (Å²) in [5, 5.41) is 5.81. The largest absolute Gasteiger partial charge is 0.444 e. The lowest BCUT2D eigenvalue weighted by atomic mass is 10.2. The molecular weight excluding hydrogens is 287 g/mol. The number of rotatable bonds is 6. The van der Waals surface area contributed by atoms with E-state index in [2.05, 4.69) is 10.6 Å². The molecule has 2 N–H and O–H groups in total. The van der Waals surface area contributed by atoms with Gasteiger partial charge >= 0.3 is 6.09 Å². The molecule has 1 amide bonds. The molecule has 1 unspecified atom stereocenters. The van der Waals surface area contributed by atoms with E-state index in [4.69, 9.17) is 9.47 Å². The molecule has 1 atom stereocenters. The summed E-state index contributed by atoms with van der Waals surface area (Å²) < 4.78 is 23.8. The van der Waals surface area contributed by atoms with Crippen molar-refractivity contribution < 1.29 is 18.7 Å². The molecule has 0 radical (unpaired) electrons. The van der Waals surface area contributed by atoms with Crippen molar-refractivity contribution in [3.8, 4) is 0 Å². The number of amides is 1. The van der Waals surface area contributed by atoms with Crippen LogP contribution in [-0.2, 0) is 9.47 Å². The number of carbonyl (C=O) groups is 1. The van der Waals surface area contributed by atoms with Crippen LogP contribution in [0.3, 0.4) is 0 Å². The molecule has 22 heavy (non-hydrogen) atoms. The quantitative estimate of drug-likeness (QED) is 0.833. The normalized spacial score (nSPS) is 12.6. The Morgan fingerprint density at radius 3 is 2.55 bits per heavy atom. The van der Waals surface area contributed by atoms with Gasteiger partial charge in [0.25, 0.3) is 0 Å². The lowest BCUT2D eigenvalue weighted by molar-refractivity contribution is 0.0636. The first kappa shape index (κ1) is 18.2. The Morgan fingerprint density at radius 1 is 1.32 bits per heavy atom. The number of methoxy groups -OCH3 is 1. The van der Waals surface area contributed by atoms with Gasteiger partial charge in [-0.15, -0.1) is 0 Å². The second-order valence-corrected chi connectivity index (χ2v) is 6.02. The zero-order chi connectivity index (χ0) is 16.8. The van der Waals surface area contributed by atoms with Crippen LogP contribution in [0.25, 0.3) is 0 Å². The summed E-state index contributed by atoms with van der Waals surface area (Å²) in [7, 11) is 1.61. The van der Waals surface area contributed by atoms with E-state index < -0.39 is 11.7 Å². The Balaban J connectivity index is 2.88. The van der Waals surface area contributed by atoms with Crippen molar-refractivity contribution in [2.24, 2.45) is 0 Å². The Morgan fingerprint density at radius 2 is 2.00 bits per heavy atom. The topological polar surface area (TPSA) is 59.6 Å². The van der Waals surface area contributed by atoms with Gasteiger partial charge in [-0.3, -0.25) is 5.32 Å². The fraction of sp³-hybridized carbons (Fsp3) is 0.562. The predicted octanol–water partition coefficient (Wildman–Crippen LogP) is 4.01. The first-order valence-corrected chi connectivity index (χ1v) is 7.30. The molecule has 1 aromatic rings. The van der Waals surface area contributed by atoms with Crippen LogP contribution in [0.4, 0.5) is 20.6 Å². The zero-order valence-electron chi connectivity index (χ0n) is 13.8. The fourth-order valence-corrected chi connectivity index (χ4v) is 1.84. The molecule has 0 aliphatic rings. The highest BCUT2D eigenvalue weighted by atomic mass is 19.1. The molecule has 0 aliphatic heterocycles. The van der Waals surface area contributed by atoms with Gasteiger partial charge < -0.3 is 14.8 Å². The van der Waals surface area contributed by atoms with Crippen molar-refractivity contribution in [1.82, 2.24) is 0 Å². The molecule has 0 fully saturated rings. The van der Waals surface area contributed by atoms with Crippen molar-refractivity contribution in [3.05, 3.63) is 24.0 Å². The molecule has 1 rings (SSSR count). The third kappa shape index (κ3) is 6.30. The lowest BCUT2D eigenvalue weighted by Crippen LogP contribution is -2.28. The van der Waals surface area contributed by atoms with Gasteiger partial charge in [0.05, 0.1) is 18.0 Å². The SMILES string of the molecule is CCC(COC)Nc1cc(F)ccc1NC(=O)OC(C)(C)C. The average molecular weight is 312 g/mol. The van der Waals surface area contributed by atoms with Crippen LogP contribution in [0.15, 0.2) is 18.2 Å². The van der Waals surface area contributed by atoms with Crippen molar-refractivity contribution in [2.45, 2.75) is 45.8 Å². The maximum Gasteiger partial charge on any atom is 0.412 e. The Hall–Kier alpha value is -1.82. The van der Waals surface area contributed by atoms with E-state index in [1.54, 1.807) is 27.9 Å². The van der Waals surface area contributed by atoms with E-state index in [0.29, 0.717) is 18.0 Å². The number of halogens is 1. The number of hydrogen-bond acceptors (Lipinski definition) is 4. The Kier molecular flexibility index (Phi) is 6.61. The second kappa shape index (κ2) is 7.98. The van der Waals surface area contributed by atoms with Gasteiger partial charge in [0.2, 0.25) is 0 Å². The van der Waals surface area contributed by atoms with Crippen molar-refractivity contribution in [3.63, 3.8) is 0 Å². The maximum absolute atomic E-state index is 13.5. The number of anilines is 2. The van der Waals surface area contributed by atoms with Crippen molar-refractivity contribution in [2.75, 3.05) is 24.4 Å². The fourth-order valence-electron chi connectivity index (χ4n) is 1.84. The summed E-state index contributed by atoms with van der Waals surface area (Å²) in [6.45, 7) is 7.82. The van der Waals surface area contributed by atoms with E-state index in [1.165, 1.54) is 18.2 Å². The van der Waals surface area contributed by atoms with Crippen molar-refractivity contribution in [1.29, 1.82) is 0 Å². The Bertz CT molecular complexity index is 501. The molecule has 1 aromatic carbocycles. The monoisotopic (exact) mass is 312 g/mol. The zero-order valence-corrected chi connectivity index (χ0v) is 13.8. The molecule has 0 spiro atoms. The van der Waals surface area contributed by atoms with E-state index >= 15 is 0 Å². The van der Waals surface area contributed by atoms with Gasteiger partial charge in [-0.2, -0.15) is 0 Å². The third-order valence-electron chi connectivity index (χ3n) is 2.84. The molecule has 6 heteroatoms. The first-order valence-electron chi connectivity index (χ1n) is 7.30. The number of ether oxygens (including phenoxy) is 2. The van der Waals surface area contributed by atoms with E-state index in [-0.39, 0.29) is 11.9 Å². The van der Waals surface area contributed by atoms with Crippen LogP contribution >= 0.6 is 0 Å². The van der Waals surface area contributed by atoms with E-state index in [0.717, 1.165) is 6.42 Å². The molecule has 124 valence electrons. The minimum absolute atomic E-state index is 0.0194. The number of nitrogens with one attached hydrogen (secondary N) is 2. The predicted molar refractivity (Wildman–Crippen MR) is 85.8 cm³/mol. The highest BCUT2D eigenvalue weighted by Gasteiger charge is 2.18. The molecular formula is C16H25FN2O3. The van der Waals surface area contributed by atoms with Crippen LogP contribution < -0.4 is 10.6 Å². The van der Waals surface area contributed by atoms with Crippen LogP contribution in [0.1, 0.15) is 34.1 Å². The van der Waals surface area contributed by atoms with Crippen molar-refractivity contribution >= 4 is 17.5 Å². The second-order valence-electron chi connectivity index (χ2n) is 6.02. The third-order valence-corrected chi connectivity index (χ3v) is 2.84. The van der Waals surface area contributed by atoms with Gasteiger partial charge in [-0.25, -0.2) is 9.18 Å². The molecule has 0 saturated heterocycles. The van der Waals surface area contributed by atoms with E-state index in [1.807, 2.05) is 6.92 Å². The molecule has 0 aliphatic carbocycles. The van der Waals surface area contributed by atoms with E-state index in [9.17, 15) is 9.18 Å². The number of hydrogen-bond donors (Lipinski definition) is 2. The summed E-state index contributed by atoms with van der Waals surface area (Å²) in [4.78, 5) is 11.9.